The fourth-order valence-electron chi connectivity index (χ4n) is 3.11. The molecular weight excluding hydrogens is 264 g/mol. The van der Waals surface area contributed by atoms with Gasteiger partial charge in [0.05, 0.1) is 11.0 Å². The van der Waals surface area contributed by atoms with E-state index >= 15 is 0 Å². The number of sulfone groups is 1. The first-order valence-electron chi connectivity index (χ1n) is 7.22. The minimum atomic E-state index is -2.96. The molecule has 1 atom stereocenters. The molecule has 1 saturated heterocycles. The Labute approximate surface area is 115 Å². The number of rotatable bonds is 4. The van der Waals surface area contributed by atoms with Crippen LogP contribution in [0.5, 0.6) is 0 Å². The zero-order valence-corrected chi connectivity index (χ0v) is 12.1. The lowest BCUT2D eigenvalue weighted by Gasteiger charge is -2.27. The molecule has 1 aliphatic heterocycles. The highest BCUT2D eigenvalue weighted by Gasteiger charge is 2.32. The fraction of sp³-hybridized carbons (Fsp3) is 0.923. The maximum absolute atomic E-state index is 12.0. The van der Waals surface area contributed by atoms with Gasteiger partial charge in [0.25, 0.3) is 0 Å². The van der Waals surface area contributed by atoms with Crippen molar-refractivity contribution in [2.45, 2.75) is 43.8 Å². The van der Waals surface area contributed by atoms with Crippen molar-refractivity contribution in [2.75, 3.05) is 18.8 Å². The number of carbonyl (C=O) groups is 1. The van der Waals surface area contributed by atoms with E-state index in [2.05, 4.69) is 5.32 Å². The number of hydrogen-bond donors (Lipinski definition) is 2. The van der Waals surface area contributed by atoms with Gasteiger partial charge in [-0.3, -0.25) is 4.79 Å². The number of nitrogens with one attached hydrogen (secondary N) is 1. The Bertz CT molecular complexity index is 414. The van der Waals surface area contributed by atoms with E-state index in [4.69, 9.17) is 5.73 Å². The SMILES string of the molecule is NCC1CCC(C(=O)NCC2CCCS2(=O)=O)CC1. The molecule has 0 aromatic rings. The van der Waals surface area contributed by atoms with Crippen molar-refractivity contribution in [3.05, 3.63) is 0 Å². The van der Waals surface area contributed by atoms with Crippen molar-refractivity contribution in [3.63, 3.8) is 0 Å². The van der Waals surface area contributed by atoms with Crippen LogP contribution in [-0.4, -0.2) is 38.4 Å². The minimum Gasteiger partial charge on any atom is -0.355 e. The zero-order chi connectivity index (χ0) is 13.9. The first-order chi connectivity index (χ1) is 9.03. The summed E-state index contributed by atoms with van der Waals surface area (Å²) in [4.78, 5) is 12.0. The van der Waals surface area contributed by atoms with Gasteiger partial charge in [0.15, 0.2) is 9.84 Å². The summed E-state index contributed by atoms with van der Waals surface area (Å²) in [6.45, 7) is 0.993. The molecule has 110 valence electrons. The summed E-state index contributed by atoms with van der Waals surface area (Å²) in [6.07, 6.45) is 5.19. The van der Waals surface area contributed by atoms with Crippen LogP contribution in [0.4, 0.5) is 0 Å². The maximum Gasteiger partial charge on any atom is 0.223 e. The number of hydrogen-bond acceptors (Lipinski definition) is 4. The lowest BCUT2D eigenvalue weighted by molar-refractivity contribution is -0.126. The van der Waals surface area contributed by atoms with Gasteiger partial charge >= 0.3 is 0 Å². The molecule has 5 nitrogen and oxygen atoms in total. The van der Waals surface area contributed by atoms with Crippen molar-refractivity contribution in [2.24, 2.45) is 17.6 Å². The van der Waals surface area contributed by atoms with Crippen LogP contribution in [-0.2, 0) is 14.6 Å². The van der Waals surface area contributed by atoms with Crippen LogP contribution < -0.4 is 11.1 Å². The highest BCUT2D eigenvalue weighted by Crippen LogP contribution is 2.28. The molecule has 0 bridgehead atoms. The van der Waals surface area contributed by atoms with Gasteiger partial charge in [-0.25, -0.2) is 8.42 Å². The summed E-state index contributed by atoms with van der Waals surface area (Å²) >= 11 is 0. The van der Waals surface area contributed by atoms with Crippen LogP contribution in [0.1, 0.15) is 38.5 Å². The van der Waals surface area contributed by atoms with E-state index in [-0.39, 0.29) is 29.4 Å². The molecule has 2 fully saturated rings. The molecule has 1 aliphatic carbocycles. The highest BCUT2D eigenvalue weighted by molar-refractivity contribution is 7.92. The third kappa shape index (κ3) is 3.69. The molecule has 0 spiro atoms. The lowest BCUT2D eigenvalue weighted by atomic mass is 9.81. The van der Waals surface area contributed by atoms with Crippen LogP contribution in [0, 0.1) is 11.8 Å². The quantitative estimate of drug-likeness (QED) is 0.786. The molecule has 3 N–H and O–H groups in total. The maximum atomic E-state index is 12.0. The summed E-state index contributed by atoms with van der Waals surface area (Å²) in [5.74, 6) is 0.901. The van der Waals surface area contributed by atoms with Crippen LogP contribution in [0.25, 0.3) is 0 Å². The van der Waals surface area contributed by atoms with Crippen LogP contribution in [0.3, 0.4) is 0 Å². The second-order valence-electron chi connectivity index (χ2n) is 5.83. The normalized spacial score (nSPS) is 34.1. The highest BCUT2D eigenvalue weighted by atomic mass is 32.2. The van der Waals surface area contributed by atoms with Crippen LogP contribution in [0.2, 0.25) is 0 Å². The molecule has 0 aromatic heterocycles. The number of amides is 1. The van der Waals surface area contributed by atoms with E-state index < -0.39 is 9.84 Å². The van der Waals surface area contributed by atoms with Gasteiger partial charge in [-0.05, 0) is 51.0 Å². The fourth-order valence-corrected chi connectivity index (χ4v) is 4.87. The monoisotopic (exact) mass is 288 g/mol. The van der Waals surface area contributed by atoms with Gasteiger partial charge in [0.2, 0.25) is 5.91 Å². The summed E-state index contributed by atoms with van der Waals surface area (Å²) in [7, 11) is -2.96. The second-order valence-corrected chi connectivity index (χ2v) is 8.23. The molecular formula is C13H24N2O3S. The van der Waals surface area contributed by atoms with E-state index in [1.807, 2.05) is 0 Å². The van der Waals surface area contributed by atoms with Gasteiger partial charge in [-0.2, -0.15) is 0 Å². The van der Waals surface area contributed by atoms with Crippen molar-refractivity contribution in [1.82, 2.24) is 5.32 Å². The van der Waals surface area contributed by atoms with E-state index in [9.17, 15) is 13.2 Å². The van der Waals surface area contributed by atoms with Crippen LogP contribution >= 0.6 is 0 Å². The number of carbonyl (C=O) groups excluding carboxylic acids is 1. The van der Waals surface area contributed by atoms with Crippen molar-refractivity contribution < 1.29 is 13.2 Å². The lowest BCUT2D eigenvalue weighted by Crippen LogP contribution is -2.39. The van der Waals surface area contributed by atoms with E-state index in [1.54, 1.807) is 0 Å². The summed E-state index contributed by atoms with van der Waals surface area (Å²) in [5.41, 5.74) is 5.63. The summed E-state index contributed by atoms with van der Waals surface area (Å²) in [5, 5.41) is 2.47. The zero-order valence-electron chi connectivity index (χ0n) is 11.3. The largest absolute Gasteiger partial charge is 0.355 e. The number of nitrogens with two attached hydrogens (primary N) is 1. The molecule has 2 rings (SSSR count). The minimum absolute atomic E-state index is 0.0255. The molecule has 0 radical (unpaired) electrons. The van der Waals surface area contributed by atoms with Crippen molar-refractivity contribution >= 4 is 15.7 Å². The second kappa shape index (κ2) is 6.22. The molecule has 2 aliphatic rings. The van der Waals surface area contributed by atoms with E-state index in [0.717, 1.165) is 32.1 Å². The smallest absolute Gasteiger partial charge is 0.223 e. The summed E-state index contributed by atoms with van der Waals surface area (Å²) < 4.78 is 23.3. The first-order valence-corrected chi connectivity index (χ1v) is 8.94. The van der Waals surface area contributed by atoms with Gasteiger partial charge < -0.3 is 11.1 Å². The molecule has 1 amide bonds. The van der Waals surface area contributed by atoms with E-state index in [1.165, 1.54) is 0 Å². The molecule has 1 heterocycles. The molecule has 1 saturated carbocycles. The first kappa shape index (κ1) is 14.8. The Morgan fingerprint density at radius 3 is 2.37 bits per heavy atom. The van der Waals surface area contributed by atoms with Gasteiger partial charge in [-0.15, -0.1) is 0 Å². The predicted octanol–water partition coefficient (Wildman–Crippen LogP) is 0.445. The average Bonchev–Trinajstić information content (AvgIpc) is 2.75. The average molecular weight is 288 g/mol. The van der Waals surface area contributed by atoms with Gasteiger partial charge in [-0.1, -0.05) is 0 Å². The van der Waals surface area contributed by atoms with Gasteiger partial charge in [0.1, 0.15) is 0 Å². The third-order valence-corrected chi connectivity index (χ3v) is 6.79. The molecule has 1 unspecified atom stereocenters. The Morgan fingerprint density at radius 2 is 1.84 bits per heavy atom. The summed E-state index contributed by atoms with van der Waals surface area (Å²) in [6, 6.07) is 0. The molecule has 0 aromatic carbocycles. The van der Waals surface area contributed by atoms with E-state index in [0.29, 0.717) is 18.9 Å². The Morgan fingerprint density at radius 1 is 1.16 bits per heavy atom. The predicted molar refractivity (Wildman–Crippen MR) is 74.3 cm³/mol. The standard InChI is InChI=1S/C13H24N2O3S/c14-8-10-3-5-11(6-4-10)13(16)15-9-12-2-1-7-19(12,17)18/h10-12H,1-9,14H2,(H,15,16). The van der Waals surface area contributed by atoms with Crippen LogP contribution in [0.15, 0.2) is 0 Å². The Kier molecular flexibility index (Phi) is 4.84. The van der Waals surface area contributed by atoms with Crippen molar-refractivity contribution in [3.8, 4) is 0 Å². The molecule has 6 heteroatoms. The van der Waals surface area contributed by atoms with Crippen molar-refractivity contribution in [1.29, 1.82) is 0 Å². The topological polar surface area (TPSA) is 89.3 Å². The molecule has 19 heavy (non-hydrogen) atoms. The Balaban J connectivity index is 1.76. The van der Waals surface area contributed by atoms with Gasteiger partial charge in [0, 0.05) is 12.5 Å². The third-order valence-electron chi connectivity index (χ3n) is 4.52. The Hall–Kier alpha value is -0.620.